The molecule has 0 fully saturated rings. The van der Waals surface area contributed by atoms with E-state index in [1.807, 2.05) is 12.1 Å². The Morgan fingerprint density at radius 3 is 1.44 bits per heavy atom. The van der Waals surface area contributed by atoms with Gasteiger partial charge < -0.3 is 8.83 Å². The fourth-order valence-corrected chi connectivity index (χ4v) is 9.02. The fourth-order valence-electron chi connectivity index (χ4n) is 9.02. The van der Waals surface area contributed by atoms with E-state index < -0.39 is 0 Å². The topological polar surface area (TPSA) is 26.3 Å². The number of fused-ring (bicyclic) bond motifs is 12. The number of furan rings is 2. The van der Waals surface area contributed by atoms with Crippen LogP contribution in [-0.4, -0.2) is 0 Å². The van der Waals surface area contributed by atoms with Gasteiger partial charge in [-0.15, -0.1) is 0 Å². The summed E-state index contributed by atoms with van der Waals surface area (Å²) in [5, 5.41) is 14.3. The van der Waals surface area contributed by atoms with Crippen LogP contribution >= 0.6 is 0 Å². The Kier molecular flexibility index (Phi) is 6.09. The molecule has 0 unspecified atom stereocenters. The lowest BCUT2D eigenvalue weighted by atomic mass is 9.85. The molecule has 10 aromatic carbocycles. The van der Waals surface area contributed by atoms with Crippen LogP contribution in [0.4, 0.5) is 0 Å². The molecule has 2 aromatic heterocycles. The molecule has 0 aliphatic rings. The summed E-state index contributed by atoms with van der Waals surface area (Å²) in [6.45, 7) is 0. The predicted molar refractivity (Wildman–Crippen MR) is 227 cm³/mol. The van der Waals surface area contributed by atoms with Gasteiger partial charge in [0, 0.05) is 21.5 Å². The van der Waals surface area contributed by atoms with Crippen molar-refractivity contribution in [1.82, 2.24) is 0 Å². The molecule has 0 bridgehead atoms. The van der Waals surface area contributed by atoms with Crippen molar-refractivity contribution in [3.8, 4) is 33.4 Å². The summed E-state index contributed by atoms with van der Waals surface area (Å²) in [5.74, 6) is 0. The van der Waals surface area contributed by atoms with E-state index >= 15 is 0 Å². The molecule has 12 rings (SSSR count). The number of rotatable bonds is 3. The normalized spacial score (nSPS) is 12.1. The van der Waals surface area contributed by atoms with Crippen molar-refractivity contribution in [2.75, 3.05) is 0 Å². The van der Waals surface area contributed by atoms with Crippen LogP contribution in [-0.2, 0) is 0 Å². The molecule has 0 aliphatic heterocycles. The van der Waals surface area contributed by atoms with Crippen LogP contribution in [0.15, 0.2) is 191 Å². The lowest BCUT2D eigenvalue weighted by molar-refractivity contribution is 0.663. The van der Waals surface area contributed by atoms with Crippen LogP contribution < -0.4 is 0 Å². The van der Waals surface area contributed by atoms with E-state index in [2.05, 4.69) is 170 Å². The molecule has 0 saturated heterocycles. The zero-order chi connectivity index (χ0) is 35.3. The Hall–Kier alpha value is -7.16. The van der Waals surface area contributed by atoms with Crippen molar-refractivity contribution in [2.45, 2.75) is 0 Å². The molecule has 54 heavy (non-hydrogen) atoms. The van der Waals surface area contributed by atoms with E-state index in [0.717, 1.165) is 55.0 Å². The molecule has 2 heterocycles. The lowest BCUT2D eigenvalue weighted by Crippen LogP contribution is -1.91. The van der Waals surface area contributed by atoms with Gasteiger partial charge >= 0.3 is 0 Å². The first-order valence-electron chi connectivity index (χ1n) is 18.5. The van der Waals surface area contributed by atoms with Crippen LogP contribution in [0.2, 0.25) is 0 Å². The Balaban J connectivity index is 1.04. The number of hydrogen-bond donors (Lipinski definition) is 0. The molecule has 0 atom stereocenters. The van der Waals surface area contributed by atoms with Crippen molar-refractivity contribution in [3.05, 3.63) is 182 Å². The zero-order valence-corrected chi connectivity index (χ0v) is 29.1. The highest BCUT2D eigenvalue weighted by atomic mass is 16.3. The third-order valence-electron chi connectivity index (χ3n) is 11.4. The Labute approximate surface area is 310 Å². The first-order chi connectivity index (χ1) is 26.8. The first kappa shape index (κ1) is 29.4. The average molecular weight is 687 g/mol. The quantitative estimate of drug-likeness (QED) is 0.173. The minimum Gasteiger partial charge on any atom is -0.456 e. The first-order valence-corrected chi connectivity index (χ1v) is 18.5. The van der Waals surface area contributed by atoms with Gasteiger partial charge in [-0.25, -0.2) is 0 Å². The van der Waals surface area contributed by atoms with Gasteiger partial charge in [-0.3, -0.25) is 0 Å². The van der Waals surface area contributed by atoms with E-state index in [1.165, 1.54) is 65.3 Å². The predicted octanol–water partition coefficient (Wildman–Crippen LogP) is 15.1. The number of benzene rings is 10. The van der Waals surface area contributed by atoms with Crippen molar-refractivity contribution >= 4 is 87.0 Å². The maximum Gasteiger partial charge on any atom is 0.136 e. The van der Waals surface area contributed by atoms with Crippen LogP contribution in [0.25, 0.3) is 120 Å². The van der Waals surface area contributed by atoms with Gasteiger partial charge in [0.1, 0.15) is 22.3 Å². The van der Waals surface area contributed by atoms with Crippen molar-refractivity contribution < 1.29 is 8.83 Å². The largest absolute Gasteiger partial charge is 0.456 e. The third-order valence-corrected chi connectivity index (χ3v) is 11.4. The molecule has 0 N–H and O–H groups in total. The summed E-state index contributed by atoms with van der Waals surface area (Å²) in [5.41, 5.74) is 10.7. The summed E-state index contributed by atoms with van der Waals surface area (Å²) in [7, 11) is 0. The Morgan fingerprint density at radius 1 is 0.241 bits per heavy atom. The van der Waals surface area contributed by atoms with Gasteiger partial charge in [0.2, 0.25) is 0 Å². The van der Waals surface area contributed by atoms with E-state index in [1.54, 1.807) is 0 Å². The second-order valence-corrected chi connectivity index (χ2v) is 14.4. The maximum absolute atomic E-state index is 6.62. The molecule has 0 amide bonds. The smallest absolute Gasteiger partial charge is 0.136 e. The lowest BCUT2D eigenvalue weighted by Gasteiger charge is -2.18. The van der Waals surface area contributed by atoms with Crippen molar-refractivity contribution in [3.63, 3.8) is 0 Å². The summed E-state index contributed by atoms with van der Waals surface area (Å²) in [6.07, 6.45) is 0. The standard InChI is InChI=1S/C52H30O2/c1-2-12-33-28-37(21-20-31(33)10-1)49-41-18-7-5-16-39(41)48(40-17-6-8-19-42(40)49)36-14-9-13-34(29-36)35-22-24-43-47(30-35)54-45-26-27-46-52(51(43)45)50-38-15-4-3-11-32(38)23-25-44(50)53-46/h1-30H. The number of hydrogen-bond acceptors (Lipinski definition) is 2. The second kappa shape index (κ2) is 11.2. The molecule has 0 spiro atoms. The molecule has 2 nitrogen and oxygen atoms in total. The van der Waals surface area contributed by atoms with E-state index in [4.69, 9.17) is 8.83 Å². The third kappa shape index (κ3) is 4.22. The second-order valence-electron chi connectivity index (χ2n) is 14.4. The van der Waals surface area contributed by atoms with E-state index in [9.17, 15) is 0 Å². The SMILES string of the molecule is c1cc(-c2ccc3c(c2)oc2ccc4oc5ccc6ccccc6c5c4c23)cc(-c2c3ccccc3c(-c3ccc4ccccc4c3)c3ccccc23)c1. The van der Waals surface area contributed by atoms with E-state index in [-0.39, 0.29) is 0 Å². The van der Waals surface area contributed by atoms with E-state index in [0.29, 0.717) is 0 Å². The maximum atomic E-state index is 6.62. The van der Waals surface area contributed by atoms with Crippen LogP contribution in [0.5, 0.6) is 0 Å². The molecular formula is C52H30O2. The summed E-state index contributed by atoms with van der Waals surface area (Å²) in [4.78, 5) is 0. The van der Waals surface area contributed by atoms with Crippen molar-refractivity contribution in [1.29, 1.82) is 0 Å². The highest BCUT2D eigenvalue weighted by Gasteiger charge is 2.20. The molecule has 12 aromatic rings. The Morgan fingerprint density at radius 2 is 0.722 bits per heavy atom. The van der Waals surface area contributed by atoms with Crippen LogP contribution in [0.3, 0.4) is 0 Å². The Bertz CT molecular complexity index is 3450. The summed E-state index contributed by atoms with van der Waals surface area (Å²) < 4.78 is 13.0. The minimum absolute atomic E-state index is 0.864. The molecule has 0 aliphatic carbocycles. The van der Waals surface area contributed by atoms with Gasteiger partial charge in [-0.05, 0) is 119 Å². The molecule has 0 saturated carbocycles. The average Bonchev–Trinajstić information content (AvgIpc) is 3.81. The monoisotopic (exact) mass is 686 g/mol. The van der Waals surface area contributed by atoms with Crippen LogP contribution in [0, 0.1) is 0 Å². The van der Waals surface area contributed by atoms with Gasteiger partial charge in [0.25, 0.3) is 0 Å². The highest BCUT2D eigenvalue weighted by Crippen LogP contribution is 2.46. The van der Waals surface area contributed by atoms with Gasteiger partial charge in [0.05, 0.1) is 0 Å². The minimum atomic E-state index is 0.864. The van der Waals surface area contributed by atoms with Gasteiger partial charge in [0.15, 0.2) is 0 Å². The fraction of sp³-hybridized carbons (Fsp3) is 0. The highest BCUT2D eigenvalue weighted by molar-refractivity contribution is 6.31. The van der Waals surface area contributed by atoms with Gasteiger partial charge in [-0.1, -0.05) is 140 Å². The van der Waals surface area contributed by atoms with Gasteiger partial charge in [-0.2, -0.15) is 0 Å². The zero-order valence-electron chi connectivity index (χ0n) is 29.1. The summed E-state index contributed by atoms with van der Waals surface area (Å²) in [6, 6.07) is 65.6. The molecular weight excluding hydrogens is 657 g/mol. The van der Waals surface area contributed by atoms with Crippen LogP contribution in [0.1, 0.15) is 0 Å². The molecule has 0 radical (unpaired) electrons. The summed E-state index contributed by atoms with van der Waals surface area (Å²) >= 11 is 0. The molecule has 2 heteroatoms. The van der Waals surface area contributed by atoms with Crippen molar-refractivity contribution in [2.24, 2.45) is 0 Å². The molecule has 250 valence electrons.